The summed E-state index contributed by atoms with van der Waals surface area (Å²) in [5.74, 6) is 0.586. The largest absolute Gasteiger partial charge is 0.508 e. The number of aromatic hydroxyl groups is 1. The van der Waals surface area contributed by atoms with Gasteiger partial charge in [-0.2, -0.15) is 27.7 Å². The average Bonchev–Trinajstić information content (AvgIpc) is 3.56. The molecule has 2 aliphatic rings. The van der Waals surface area contributed by atoms with Crippen LogP contribution in [0.2, 0.25) is 0 Å². The van der Waals surface area contributed by atoms with Crippen molar-refractivity contribution in [1.29, 1.82) is 5.26 Å². The summed E-state index contributed by atoms with van der Waals surface area (Å²) < 4.78 is 66.1. The van der Waals surface area contributed by atoms with Gasteiger partial charge >= 0.3 is 6.18 Å². The fourth-order valence-corrected chi connectivity index (χ4v) is 8.56. The molecule has 2 fully saturated rings. The molecule has 5 heterocycles. The van der Waals surface area contributed by atoms with Gasteiger partial charge in [0.25, 0.3) is 0 Å². The molecule has 0 unspecified atom stereocenters. The van der Waals surface area contributed by atoms with Crippen LogP contribution >= 0.6 is 11.3 Å². The first-order valence-corrected chi connectivity index (χ1v) is 18.4. The molecular weight excluding hydrogens is 668 g/mol. The molecule has 4 aromatic rings. The summed E-state index contributed by atoms with van der Waals surface area (Å²) in [5, 5.41) is 25.8. The Bertz CT molecular complexity index is 1960. The SMILES string of the molecule is C[C@@H](Cn1c(C#N)cc2cc(CN3CCC(Nc4nc(N)nc5sc(CC(F)(F)F)cc45)CC3)c(O)cc21)N1CCN(S(C)(=O)=O)CC1. The van der Waals surface area contributed by atoms with E-state index in [2.05, 4.69) is 38.1 Å². The van der Waals surface area contributed by atoms with Crippen molar-refractivity contribution in [2.24, 2.45) is 0 Å². The number of alkyl halides is 3. The Kier molecular flexibility index (Phi) is 9.48. The van der Waals surface area contributed by atoms with Crippen LogP contribution in [0.5, 0.6) is 5.75 Å². The fraction of sp³-hybridized carbons (Fsp3) is 0.516. The average molecular weight is 706 g/mol. The van der Waals surface area contributed by atoms with Gasteiger partial charge in [-0.1, -0.05) is 0 Å². The summed E-state index contributed by atoms with van der Waals surface area (Å²) in [7, 11) is -3.23. The van der Waals surface area contributed by atoms with Crippen molar-refractivity contribution >= 4 is 54.2 Å². The van der Waals surface area contributed by atoms with Gasteiger partial charge in [-0.25, -0.2) is 13.4 Å². The van der Waals surface area contributed by atoms with E-state index in [9.17, 15) is 32.0 Å². The van der Waals surface area contributed by atoms with Crippen molar-refractivity contribution in [2.75, 3.05) is 56.6 Å². The molecule has 1 aromatic carbocycles. The number of nitrogens with two attached hydrogens (primary N) is 1. The molecule has 2 saturated heterocycles. The monoisotopic (exact) mass is 705 g/mol. The highest BCUT2D eigenvalue weighted by Crippen LogP contribution is 2.35. The fourth-order valence-electron chi connectivity index (χ4n) is 6.67. The Labute approximate surface area is 280 Å². The quantitative estimate of drug-likeness (QED) is 0.233. The molecule has 48 heavy (non-hydrogen) atoms. The molecule has 0 saturated carbocycles. The second kappa shape index (κ2) is 13.3. The maximum Gasteiger partial charge on any atom is 0.393 e. The molecular formula is C31H38F3N9O3S2. The number of benzene rings is 1. The Morgan fingerprint density at radius 3 is 2.48 bits per heavy atom. The van der Waals surface area contributed by atoms with Crippen LogP contribution < -0.4 is 11.1 Å². The number of aromatic nitrogens is 3. The van der Waals surface area contributed by atoms with Crippen molar-refractivity contribution in [3.05, 3.63) is 40.4 Å². The smallest absolute Gasteiger partial charge is 0.393 e. The zero-order valence-electron chi connectivity index (χ0n) is 26.7. The van der Waals surface area contributed by atoms with Gasteiger partial charge in [0, 0.05) is 86.3 Å². The van der Waals surface area contributed by atoms with E-state index in [4.69, 9.17) is 5.73 Å². The van der Waals surface area contributed by atoms with E-state index in [0.717, 1.165) is 53.7 Å². The minimum atomic E-state index is -4.32. The third-order valence-electron chi connectivity index (χ3n) is 9.19. The number of phenols is 1. The van der Waals surface area contributed by atoms with Crippen LogP contribution in [0, 0.1) is 11.3 Å². The summed E-state index contributed by atoms with van der Waals surface area (Å²) in [6.07, 6.45) is -2.63. The number of anilines is 2. The Balaban J connectivity index is 1.09. The second-order valence-electron chi connectivity index (χ2n) is 12.7. The van der Waals surface area contributed by atoms with Crippen LogP contribution in [0.25, 0.3) is 21.1 Å². The number of nitrogen functional groups attached to an aromatic ring is 1. The molecule has 258 valence electrons. The molecule has 0 spiro atoms. The van der Waals surface area contributed by atoms with Crippen LogP contribution in [0.3, 0.4) is 0 Å². The zero-order chi connectivity index (χ0) is 34.4. The van der Waals surface area contributed by atoms with Crippen LogP contribution in [0.1, 0.15) is 35.9 Å². The van der Waals surface area contributed by atoms with Crippen molar-refractivity contribution < 1.29 is 26.7 Å². The lowest BCUT2D eigenvalue weighted by Gasteiger charge is -2.37. The maximum absolute atomic E-state index is 13.0. The number of piperazine rings is 1. The number of thiophene rings is 1. The highest BCUT2D eigenvalue weighted by molar-refractivity contribution is 7.88. The summed E-state index contributed by atoms with van der Waals surface area (Å²) >= 11 is 0.967. The minimum absolute atomic E-state index is 0.00370. The van der Waals surface area contributed by atoms with Crippen LogP contribution in [-0.2, 0) is 29.5 Å². The number of rotatable bonds is 9. The van der Waals surface area contributed by atoms with Gasteiger partial charge in [0.2, 0.25) is 16.0 Å². The molecule has 0 radical (unpaired) electrons. The van der Waals surface area contributed by atoms with Crippen molar-refractivity contribution in [2.45, 2.75) is 57.5 Å². The highest BCUT2D eigenvalue weighted by Gasteiger charge is 2.30. The number of hydrogen-bond acceptors (Lipinski definition) is 11. The van der Waals surface area contributed by atoms with E-state index < -0.39 is 22.6 Å². The molecule has 6 rings (SSSR count). The molecule has 12 nitrogen and oxygen atoms in total. The van der Waals surface area contributed by atoms with E-state index in [-0.39, 0.29) is 28.7 Å². The van der Waals surface area contributed by atoms with Crippen molar-refractivity contribution in [3.63, 3.8) is 0 Å². The van der Waals surface area contributed by atoms with Gasteiger partial charge in [0.05, 0.1) is 23.6 Å². The maximum atomic E-state index is 13.0. The Morgan fingerprint density at radius 1 is 1.12 bits per heavy atom. The van der Waals surface area contributed by atoms with E-state index in [1.807, 2.05) is 16.7 Å². The lowest BCUT2D eigenvalue weighted by Crippen LogP contribution is -2.51. The van der Waals surface area contributed by atoms with Gasteiger partial charge in [-0.05, 0) is 38.0 Å². The summed E-state index contributed by atoms with van der Waals surface area (Å²) in [6.45, 7) is 6.59. The number of halogens is 3. The molecule has 0 bridgehead atoms. The summed E-state index contributed by atoms with van der Waals surface area (Å²) in [4.78, 5) is 13.4. The first kappa shape index (κ1) is 34.2. The number of nitriles is 1. The number of hydrogen-bond donors (Lipinski definition) is 3. The van der Waals surface area contributed by atoms with Gasteiger partial charge < -0.3 is 20.7 Å². The van der Waals surface area contributed by atoms with E-state index in [0.29, 0.717) is 61.0 Å². The third kappa shape index (κ3) is 7.62. The van der Waals surface area contributed by atoms with Gasteiger partial charge in [-0.15, -0.1) is 11.3 Å². The molecule has 0 aliphatic carbocycles. The lowest BCUT2D eigenvalue weighted by atomic mass is 10.0. The van der Waals surface area contributed by atoms with Gasteiger partial charge in [0.15, 0.2) is 0 Å². The number of phenolic OH excluding ortho intramolecular Hbond substituents is 1. The molecule has 1 atom stereocenters. The van der Waals surface area contributed by atoms with E-state index in [1.165, 1.54) is 16.6 Å². The van der Waals surface area contributed by atoms with Crippen LogP contribution in [0.15, 0.2) is 24.3 Å². The van der Waals surface area contributed by atoms with E-state index >= 15 is 0 Å². The molecule has 2 aliphatic heterocycles. The molecule has 0 amide bonds. The van der Waals surface area contributed by atoms with Crippen LogP contribution in [-0.4, -0.2) is 106 Å². The number of sulfonamides is 1. The number of piperidine rings is 1. The topological polar surface area (TPSA) is 157 Å². The Morgan fingerprint density at radius 2 is 1.83 bits per heavy atom. The molecule has 17 heteroatoms. The zero-order valence-corrected chi connectivity index (χ0v) is 28.3. The molecule has 3 aromatic heterocycles. The van der Waals surface area contributed by atoms with Gasteiger partial charge in [-0.3, -0.25) is 9.80 Å². The van der Waals surface area contributed by atoms with Crippen molar-refractivity contribution in [3.8, 4) is 11.8 Å². The predicted molar refractivity (Wildman–Crippen MR) is 179 cm³/mol. The predicted octanol–water partition coefficient (Wildman–Crippen LogP) is 3.95. The number of nitrogens with zero attached hydrogens (tertiary/aromatic N) is 7. The third-order valence-corrected chi connectivity index (χ3v) is 11.5. The first-order valence-electron chi connectivity index (χ1n) is 15.7. The number of likely N-dealkylation sites (tertiary alicyclic amines) is 1. The highest BCUT2D eigenvalue weighted by atomic mass is 32.2. The number of fused-ring (bicyclic) bond motifs is 2. The van der Waals surface area contributed by atoms with Gasteiger partial charge in [0.1, 0.15) is 28.2 Å². The van der Waals surface area contributed by atoms with E-state index in [1.54, 1.807) is 6.07 Å². The first-order chi connectivity index (χ1) is 22.7. The van der Waals surface area contributed by atoms with Crippen LogP contribution in [0.4, 0.5) is 24.9 Å². The Hall–Kier alpha value is -3.69. The second-order valence-corrected chi connectivity index (χ2v) is 15.8. The lowest BCUT2D eigenvalue weighted by molar-refractivity contribution is -0.126. The normalized spacial score (nSPS) is 18.4. The van der Waals surface area contributed by atoms with Crippen molar-refractivity contribution in [1.82, 2.24) is 28.6 Å². The number of nitrogens with one attached hydrogen (secondary N) is 1. The summed E-state index contributed by atoms with van der Waals surface area (Å²) in [5.41, 5.74) is 7.88. The standard InChI is InChI=1S/C31H38F3N9O3S2/c1-19(41-7-9-42(10-8-41)48(2,45)46)17-43-23(16-35)12-20-11-21(27(44)14-26(20)43)18-40-5-3-22(4-6-40)37-28-25-13-24(15-31(32,33)34)47-29(25)39-30(36)38-28/h11-14,19,22,44H,3-10,15,17-18H2,1-2H3,(H3,36,37,38,39)/t19-/m0/s1. The summed E-state index contributed by atoms with van der Waals surface area (Å²) in [6, 6.07) is 9.32. The minimum Gasteiger partial charge on any atom is -0.508 e. The molecule has 4 N–H and O–H groups in total.